The molecular formula is C16H14F2N2. The van der Waals surface area contributed by atoms with E-state index in [2.05, 4.69) is 5.32 Å². The maximum atomic E-state index is 13.9. The van der Waals surface area contributed by atoms with Crippen LogP contribution in [0.4, 0.5) is 8.78 Å². The van der Waals surface area contributed by atoms with Crippen molar-refractivity contribution in [3.05, 3.63) is 70.8 Å². The molecule has 0 heterocycles. The average Bonchev–Trinajstić information content (AvgIpc) is 2.46. The molecule has 20 heavy (non-hydrogen) atoms. The summed E-state index contributed by atoms with van der Waals surface area (Å²) in [5.74, 6) is -0.818. The number of halogens is 2. The van der Waals surface area contributed by atoms with Crippen molar-refractivity contribution in [3.8, 4) is 6.07 Å². The van der Waals surface area contributed by atoms with Crippen molar-refractivity contribution >= 4 is 0 Å². The summed E-state index contributed by atoms with van der Waals surface area (Å²) < 4.78 is 27.5. The summed E-state index contributed by atoms with van der Waals surface area (Å²) in [5.41, 5.74) is 0.944. The van der Waals surface area contributed by atoms with Gasteiger partial charge in [0.2, 0.25) is 0 Å². The minimum absolute atomic E-state index is 0.0165. The van der Waals surface area contributed by atoms with Gasteiger partial charge in [-0.1, -0.05) is 30.3 Å². The van der Waals surface area contributed by atoms with E-state index in [1.807, 2.05) is 6.92 Å². The molecule has 0 saturated carbocycles. The van der Waals surface area contributed by atoms with Crippen molar-refractivity contribution in [1.82, 2.24) is 5.32 Å². The highest BCUT2D eigenvalue weighted by molar-refractivity contribution is 5.35. The molecule has 0 spiro atoms. The molecule has 1 N–H and O–H groups in total. The molecule has 0 bridgehead atoms. The minimum atomic E-state index is -0.525. The number of hydrogen-bond donors (Lipinski definition) is 1. The number of hydrogen-bond acceptors (Lipinski definition) is 2. The highest BCUT2D eigenvalue weighted by atomic mass is 19.1. The minimum Gasteiger partial charge on any atom is -0.306 e. The molecule has 0 radical (unpaired) electrons. The largest absolute Gasteiger partial charge is 0.306 e. The molecule has 102 valence electrons. The van der Waals surface area contributed by atoms with E-state index in [0.29, 0.717) is 11.1 Å². The van der Waals surface area contributed by atoms with Gasteiger partial charge >= 0.3 is 0 Å². The van der Waals surface area contributed by atoms with Crippen molar-refractivity contribution < 1.29 is 8.78 Å². The summed E-state index contributed by atoms with van der Waals surface area (Å²) in [6.45, 7) is 2.04. The first-order chi connectivity index (χ1) is 9.63. The zero-order valence-corrected chi connectivity index (χ0v) is 11.0. The quantitative estimate of drug-likeness (QED) is 0.921. The molecule has 2 aromatic rings. The van der Waals surface area contributed by atoms with Crippen LogP contribution in [0.3, 0.4) is 0 Å². The summed E-state index contributed by atoms with van der Waals surface area (Å²) >= 11 is 0. The summed E-state index contributed by atoms with van der Waals surface area (Å²) in [7, 11) is 0. The Balaban J connectivity index is 2.10. The molecule has 0 aromatic heterocycles. The van der Waals surface area contributed by atoms with E-state index in [0.717, 1.165) is 0 Å². The third-order valence-electron chi connectivity index (χ3n) is 3.17. The van der Waals surface area contributed by atoms with Gasteiger partial charge in [-0.15, -0.1) is 0 Å². The Labute approximate surface area is 116 Å². The van der Waals surface area contributed by atoms with E-state index in [-0.39, 0.29) is 24.0 Å². The molecular weight excluding hydrogens is 258 g/mol. The molecule has 2 aromatic carbocycles. The number of benzene rings is 2. The molecule has 1 atom stereocenters. The highest BCUT2D eigenvalue weighted by Crippen LogP contribution is 2.18. The van der Waals surface area contributed by atoms with Crippen LogP contribution in [-0.2, 0) is 6.54 Å². The van der Waals surface area contributed by atoms with Crippen LogP contribution < -0.4 is 5.32 Å². The lowest BCUT2D eigenvalue weighted by Gasteiger charge is -2.15. The second-order valence-corrected chi connectivity index (χ2v) is 4.51. The standard InChI is InChI=1S/C16H14F2N2/c1-11(14-7-2-3-8-15(14)17)20-10-13-6-4-5-12(9-19)16(13)18/h2-8,11,20H,10H2,1H3. The van der Waals surface area contributed by atoms with Crippen LogP contribution in [0, 0.1) is 23.0 Å². The topological polar surface area (TPSA) is 35.8 Å². The SMILES string of the molecule is CC(NCc1cccc(C#N)c1F)c1ccccc1F. The maximum Gasteiger partial charge on any atom is 0.145 e. The predicted molar refractivity (Wildman–Crippen MR) is 72.8 cm³/mol. The highest BCUT2D eigenvalue weighted by Gasteiger charge is 2.12. The van der Waals surface area contributed by atoms with Gasteiger partial charge in [0, 0.05) is 23.7 Å². The fourth-order valence-electron chi connectivity index (χ4n) is 2.00. The normalized spacial score (nSPS) is 11.9. The van der Waals surface area contributed by atoms with Crippen molar-refractivity contribution in [3.63, 3.8) is 0 Å². The molecule has 0 amide bonds. The predicted octanol–water partition coefficient (Wildman–Crippen LogP) is 3.69. The van der Waals surface area contributed by atoms with Gasteiger partial charge < -0.3 is 5.32 Å². The van der Waals surface area contributed by atoms with Gasteiger partial charge in [-0.3, -0.25) is 0 Å². The molecule has 0 aliphatic heterocycles. The lowest BCUT2D eigenvalue weighted by molar-refractivity contribution is 0.515. The van der Waals surface area contributed by atoms with Crippen molar-refractivity contribution in [1.29, 1.82) is 5.26 Å². The molecule has 0 aliphatic carbocycles. The second-order valence-electron chi connectivity index (χ2n) is 4.51. The zero-order chi connectivity index (χ0) is 14.5. The van der Waals surface area contributed by atoms with Crippen LogP contribution >= 0.6 is 0 Å². The Hall–Kier alpha value is -2.25. The Morgan fingerprint density at radius 1 is 1.15 bits per heavy atom. The average molecular weight is 272 g/mol. The lowest BCUT2D eigenvalue weighted by Crippen LogP contribution is -2.20. The first-order valence-corrected chi connectivity index (χ1v) is 6.28. The molecule has 1 unspecified atom stereocenters. The van der Waals surface area contributed by atoms with Crippen LogP contribution in [0.2, 0.25) is 0 Å². The van der Waals surface area contributed by atoms with E-state index in [1.54, 1.807) is 36.4 Å². The Bertz CT molecular complexity index is 647. The van der Waals surface area contributed by atoms with E-state index in [1.165, 1.54) is 12.1 Å². The number of rotatable bonds is 4. The van der Waals surface area contributed by atoms with E-state index < -0.39 is 5.82 Å². The first-order valence-electron chi connectivity index (χ1n) is 6.28. The first kappa shape index (κ1) is 14.2. The van der Waals surface area contributed by atoms with E-state index in [4.69, 9.17) is 5.26 Å². The van der Waals surface area contributed by atoms with Crippen molar-refractivity contribution in [2.45, 2.75) is 19.5 Å². The van der Waals surface area contributed by atoms with Crippen LogP contribution in [0.15, 0.2) is 42.5 Å². The molecule has 4 heteroatoms. The fourth-order valence-corrected chi connectivity index (χ4v) is 2.00. The summed E-state index contributed by atoms with van der Waals surface area (Å²) in [6, 6.07) is 12.7. The summed E-state index contributed by atoms with van der Waals surface area (Å²) in [6.07, 6.45) is 0. The Kier molecular flexibility index (Phi) is 4.44. The smallest absolute Gasteiger partial charge is 0.145 e. The van der Waals surface area contributed by atoms with Gasteiger partial charge in [-0.2, -0.15) is 5.26 Å². The van der Waals surface area contributed by atoms with E-state index >= 15 is 0 Å². The maximum absolute atomic E-state index is 13.9. The van der Waals surface area contributed by atoms with Gasteiger partial charge in [0.25, 0.3) is 0 Å². The lowest BCUT2D eigenvalue weighted by atomic mass is 10.1. The molecule has 2 rings (SSSR count). The third-order valence-corrected chi connectivity index (χ3v) is 3.17. The molecule has 0 fully saturated rings. The van der Waals surface area contributed by atoms with Gasteiger partial charge in [0.15, 0.2) is 0 Å². The number of nitriles is 1. The zero-order valence-electron chi connectivity index (χ0n) is 11.0. The van der Waals surface area contributed by atoms with E-state index in [9.17, 15) is 8.78 Å². The molecule has 2 nitrogen and oxygen atoms in total. The molecule has 0 aliphatic rings. The van der Waals surface area contributed by atoms with Crippen LogP contribution in [0.5, 0.6) is 0 Å². The monoisotopic (exact) mass is 272 g/mol. The van der Waals surface area contributed by atoms with Gasteiger partial charge in [-0.25, -0.2) is 8.78 Å². The third kappa shape index (κ3) is 3.01. The Morgan fingerprint density at radius 3 is 2.60 bits per heavy atom. The van der Waals surface area contributed by atoms with Crippen LogP contribution in [0.1, 0.15) is 29.7 Å². The van der Waals surface area contributed by atoms with Gasteiger partial charge in [0.1, 0.15) is 17.7 Å². The number of nitrogens with zero attached hydrogens (tertiary/aromatic N) is 1. The van der Waals surface area contributed by atoms with Gasteiger partial charge in [0.05, 0.1) is 5.56 Å². The molecule has 0 saturated heterocycles. The Morgan fingerprint density at radius 2 is 1.90 bits per heavy atom. The fraction of sp³-hybridized carbons (Fsp3) is 0.188. The number of nitrogens with one attached hydrogen (secondary N) is 1. The van der Waals surface area contributed by atoms with Crippen LogP contribution in [0.25, 0.3) is 0 Å². The van der Waals surface area contributed by atoms with Crippen molar-refractivity contribution in [2.75, 3.05) is 0 Å². The summed E-state index contributed by atoms with van der Waals surface area (Å²) in [5, 5.41) is 11.8. The van der Waals surface area contributed by atoms with Gasteiger partial charge in [-0.05, 0) is 19.1 Å². The second kappa shape index (κ2) is 6.27. The van der Waals surface area contributed by atoms with Crippen LogP contribution in [-0.4, -0.2) is 0 Å². The van der Waals surface area contributed by atoms with Crippen molar-refractivity contribution in [2.24, 2.45) is 0 Å². The summed E-state index contributed by atoms with van der Waals surface area (Å²) in [4.78, 5) is 0.